The Bertz CT molecular complexity index is 3680. The molecule has 0 radical (unpaired) electrons. The van der Waals surface area contributed by atoms with Crippen LogP contribution in [0.5, 0.6) is 0 Å². The predicted molar refractivity (Wildman–Crippen MR) is 272 cm³/mol. The Kier molecular flexibility index (Phi) is 8.38. The molecule has 13 rings (SSSR count). The van der Waals surface area contributed by atoms with Crippen molar-refractivity contribution in [1.82, 2.24) is 14.1 Å². The predicted octanol–water partition coefficient (Wildman–Crippen LogP) is 15.9. The molecule has 0 fully saturated rings. The van der Waals surface area contributed by atoms with E-state index in [9.17, 15) is 0 Å². The lowest BCUT2D eigenvalue weighted by molar-refractivity contribution is 0.395. The first-order valence-electron chi connectivity index (χ1n) is 22.8. The third kappa shape index (κ3) is 5.92. The first-order chi connectivity index (χ1) is 32.0. The highest BCUT2D eigenvalue weighted by molar-refractivity contribution is 6.12. The van der Waals surface area contributed by atoms with Crippen LogP contribution >= 0.6 is 0 Å². The monoisotopic (exact) mass is 831 g/mol. The molecule has 3 heterocycles. The van der Waals surface area contributed by atoms with Crippen molar-refractivity contribution < 1.29 is 0 Å². The van der Waals surface area contributed by atoms with Crippen LogP contribution in [0.15, 0.2) is 224 Å². The van der Waals surface area contributed by atoms with Gasteiger partial charge in [-0.05, 0) is 118 Å². The second-order valence-electron chi connectivity index (χ2n) is 18.4. The van der Waals surface area contributed by atoms with Gasteiger partial charge in [-0.1, -0.05) is 166 Å². The van der Waals surface area contributed by atoms with Crippen molar-refractivity contribution in [1.29, 1.82) is 0 Å². The van der Waals surface area contributed by atoms with Gasteiger partial charge in [-0.15, -0.1) is 0 Å². The molecule has 308 valence electrons. The van der Waals surface area contributed by atoms with Crippen molar-refractivity contribution in [3.8, 4) is 45.0 Å². The highest BCUT2D eigenvalue weighted by Gasteiger charge is 2.45. The quantitative estimate of drug-likeness (QED) is 0.164. The molecule has 0 amide bonds. The van der Waals surface area contributed by atoms with Crippen LogP contribution in [0, 0.1) is 5.92 Å². The lowest BCUT2D eigenvalue weighted by atomic mass is 9.73. The summed E-state index contributed by atoms with van der Waals surface area (Å²) in [6.07, 6.45) is 7.35. The van der Waals surface area contributed by atoms with E-state index in [1.807, 2.05) is 0 Å². The zero-order chi connectivity index (χ0) is 43.2. The molecular weight excluding hydrogens is 787 g/mol. The van der Waals surface area contributed by atoms with Crippen LogP contribution in [-0.2, 0) is 5.41 Å². The van der Waals surface area contributed by atoms with E-state index in [4.69, 9.17) is 4.98 Å². The number of hydrogen-bond acceptors (Lipinski definition) is 1. The molecule has 3 heteroatoms. The number of allylic oxidation sites excluding steroid dienone is 4. The molecule has 65 heavy (non-hydrogen) atoms. The second kappa shape index (κ2) is 14.5. The molecule has 0 saturated heterocycles. The smallest absolute Gasteiger partial charge is 0.0715 e. The van der Waals surface area contributed by atoms with Crippen LogP contribution in [0.4, 0.5) is 0 Å². The highest BCUT2D eigenvalue weighted by Crippen LogP contribution is 2.55. The van der Waals surface area contributed by atoms with E-state index < -0.39 is 0 Å². The van der Waals surface area contributed by atoms with Gasteiger partial charge in [-0.2, -0.15) is 0 Å². The number of nitrogens with zero attached hydrogens (tertiary/aromatic N) is 3. The Morgan fingerprint density at radius 3 is 1.51 bits per heavy atom. The van der Waals surface area contributed by atoms with Crippen LogP contribution in [0.25, 0.3) is 94.2 Å². The SMILES string of the molecule is CC1(C)c2cc(-n3c4ccccc4c4cc(-c5ccc6c(c5)c5ccccc5n6-c5ccccc5)ccc43)ccc2C2C=CC(c3cc(-c4ccccc4)nc(-c4ccccc4)c3)=CC21. The van der Waals surface area contributed by atoms with Gasteiger partial charge in [0.25, 0.3) is 0 Å². The fraction of sp³-hybridized carbons (Fsp3) is 0.0806. The Morgan fingerprint density at radius 2 is 0.923 bits per heavy atom. The average molecular weight is 832 g/mol. The molecular formula is C62H45N3. The zero-order valence-electron chi connectivity index (χ0n) is 36.4. The third-order valence-corrected chi connectivity index (χ3v) is 14.4. The number of rotatable bonds is 6. The average Bonchev–Trinajstić information content (AvgIpc) is 3.96. The zero-order valence-corrected chi connectivity index (χ0v) is 36.4. The largest absolute Gasteiger partial charge is 0.309 e. The Hall–Kier alpha value is -8.01. The number of hydrogen-bond donors (Lipinski definition) is 0. The minimum absolute atomic E-state index is 0.0994. The molecule has 2 atom stereocenters. The van der Waals surface area contributed by atoms with Gasteiger partial charge in [0.2, 0.25) is 0 Å². The molecule has 0 aliphatic heterocycles. The summed E-state index contributed by atoms with van der Waals surface area (Å²) in [6.45, 7) is 4.88. The van der Waals surface area contributed by atoms with Gasteiger partial charge >= 0.3 is 0 Å². The topological polar surface area (TPSA) is 22.8 Å². The fourth-order valence-electron chi connectivity index (χ4n) is 11.2. The number of pyridine rings is 1. The first kappa shape index (κ1) is 37.5. The summed E-state index contributed by atoms with van der Waals surface area (Å²) in [6, 6.07) is 75.2. The summed E-state index contributed by atoms with van der Waals surface area (Å²) in [4.78, 5) is 5.17. The van der Waals surface area contributed by atoms with Crippen LogP contribution < -0.4 is 0 Å². The van der Waals surface area contributed by atoms with Gasteiger partial charge in [0.1, 0.15) is 0 Å². The van der Waals surface area contributed by atoms with Crippen molar-refractivity contribution in [2.75, 3.05) is 0 Å². The minimum Gasteiger partial charge on any atom is -0.309 e. The molecule has 3 nitrogen and oxygen atoms in total. The van der Waals surface area contributed by atoms with Crippen LogP contribution in [0.3, 0.4) is 0 Å². The molecule has 0 bridgehead atoms. The maximum atomic E-state index is 5.17. The summed E-state index contributed by atoms with van der Waals surface area (Å²) in [7, 11) is 0. The van der Waals surface area contributed by atoms with E-state index in [2.05, 4.69) is 247 Å². The van der Waals surface area contributed by atoms with E-state index in [1.165, 1.54) is 88.4 Å². The summed E-state index contributed by atoms with van der Waals surface area (Å²) >= 11 is 0. The van der Waals surface area contributed by atoms with Crippen LogP contribution in [0.2, 0.25) is 0 Å². The molecule has 0 spiro atoms. The summed E-state index contributed by atoms with van der Waals surface area (Å²) < 4.78 is 4.86. The summed E-state index contributed by atoms with van der Waals surface area (Å²) in [5.74, 6) is 0.614. The number of para-hydroxylation sites is 3. The number of aromatic nitrogens is 3. The molecule has 11 aromatic rings. The highest BCUT2D eigenvalue weighted by atomic mass is 15.0. The van der Waals surface area contributed by atoms with E-state index >= 15 is 0 Å². The minimum atomic E-state index is -0.0994. The molecule has 2 aliphatic rings. The van der Waals surface area contributed by atoms with E-state index in [-0.39, 0.29) is 5.41 Å². The molecule has 0 saturated carbocycles. The van der Waals surface area contributed by atoms with E-state index in [0.717, 1.165) is 22.5 Å². The number of benzene rings is 8. The van der Waals surface area contributed by atoms with Crippen molar-refractivity contribution >= 4 is 49.2 Å². The normalized spacial score (nSPS) is 16.3. The maximum absolute atomic E-state index is 5.17. The molecule has 0 N–H and O–H groups in total. The lowest BCUT2D eigenvalue weighted by Crippen LogP contribution is -2.25. The first-order valence-corrected chi connectivity index (χ1v) is 22.8. The van der Waals surface area contributed by atoms with E-state index in [0.29, 0.717) is 11.8 Å². The number of fused-ring (bicyclic) bond motifs is 9. The van der Waals surface area contributed by atoms with Gasteiger partial charge in [-0.25, -0.2) is 4.98 Å². The molecule has 2 aliphatic carbocycles. The maximum Gasteiger partial charge on any atom is 0.0715 e. The van der Waals surface area contributed by atoms with Crippen molar-refractivity contribution in [2.45, 2.75) is 25.2 Å². The van der Waals surface area contributed by atoms with Gasteiger partial charge in [0.15, 0.2) is 0 Å². The van der Waals surface area contributed by atoms with Crippen molar-refractivity contribution in [3.05, 3.63) is 241 Å². The molecule has 2 unspecified atom stereocenters. The van der Waals surface area contributed by atoms with E-state index in [1.54, 1.807) is 0 Å². The fourth-order valence-corrected chi connectivity index (χ4v) is 11.2. The molecule has 3 aromatic heterocycles. The molecule has 8 aromatic carbocycles. The van der Waals surface area contributed by atoms with Crippen LogP contribution in [-0.4, -0.2) is 14.1 Å². The Balaban J connectivity index is 0.888. The van der Waals surface area contributed by atoms with Crippen molar-refractivity contribution in [2.24, 2.45) is 5.92 Å². The summed E-state index contributed by atoms with van der Waals surface area (Å²) in [5.41, 5.74) is 19.1. The second-order valence-corrected chi connectivity index (χ2v) is 18.4. The van der Waals surface area contributed by atoms with Gasteiger partial charge < -0.3 is 9.13 Å². The van der Waals surface area contributed by atoms with Gasteiger partial charge in [0, 0.05) is 50.0 Å². The standard InChI is InChI=1S/C62H45N3/c1-62(2)54-36-44(45-37-56(40-16-6-3-7-17-40)63-57(38-45)41-18-8-4-9-19-41)26-30-48(54)49-31-29-47(39-55(49)62)65-59-25-15-13-23-51(59)53-35-43(28-33-61(53)65)42-27-32-60-52(34-42)50-22-12-14-24-58(50)64(60)46-20-10-5-11-21-46/h3-39,48,54H,1-2H3. The third-order valence-electron chi connectivity index (χ3n) is 14.4. The Labute approximate surface area is 378 Å². The van der Waals surface area contributed by atoms with Crippen LogP contribution in [0.1, 0.15) is 36.5 Å². The summed E-state index contributed by atoms with van der Waals surface area (Å²) in [5, 5.41) is 5.05. The Morgan fingerprint density at radius 1 is 0.415 bits per heavy atom. The lowest BCUT2D eigenvalue weighted by Gasteiger charge is -2.31. The van der Waals surface area contributed by atoms with Gasteiger partial charge in [-0.3, -0.25) is 0 Å². The van der Waals surface area contributed by atoms with Crippen molar-refractivity contribution in [3.63, 3.8) is 0 Å². The van der Waals surface area contributed by atoms with Gasteiger partial charge in [0.05, 0.1) is 33.5 Å².